The van der Waals surface area contributed by atoms with Crippen LogP contribution in [-0.4, -0.2) is 14.4 Å². The van der Waals surface area contributed by atoms with E-state index in [-0.39, 0.29) is 12.4 Å². The monoisotopic (exact) mass is 242 g/mol. The highest BCUT2D eigenvalue weighted by Gasteiger charge is 2.13. The van der Waals surface area contributed by atoms with Crippen molar-refractivity contribution in [1.82, 2.24) is 14.4 Å². The topological polar surface area (TPSA) is 56.2 Å². The van der Waals surface area contributed by atoms with Crippen LogP contribution in [0.15, 0.2) is 42.7 Å². The highest BCUT2D eigenvalue weighted by molar-refractivity contribution is 5.63. The summed E-state index contributed by atoms with van der Waals surface area (Å²) in [6.07, 6.45) is 3.08. The molecule has 0 spiro atoms. The lowest BCUT2D eigenvalue weighted by Crippen LogP contribution is -2.03. The summed E-state index contributed by atoms with van der Waals surface area (Å²) in [5.41, 5.74) is 8.59. The van der Waals surface area contributed by atoms with Gasteiger partial charge in [0.25, 0.3) is 0 Å². The summed E-state index contributed by atoms with van der Waals surface area (Å²) in [5, 5.41) is 0. The molecule has 0 unspecified atom stereocenters. The lowest BCUT2D eigenvalue weighted by atomic mass is 10.2. The first-order chi connectivity index (χ1) is 8.79. The third-order valence-corrected chi connectivity index (χ3v) is 2.78. The van der Waals surface area contributed by atoms with Crippen molar-refractivity contribution >= 4 is 5.65 Å². The first-order valence-corrected chi connectivity index (χ1v) is 5.57. The maximum Gasteiger partial charge on any atom is 0.139 e. The molecule has 5 heteroatoms. The van der Waals surface area contributed by atoms with E-state index in [2.05, 4.69) is 9.97 Å². The number of pyridine rings is 2. The maximum absolute atomic E-state index is 13.3. The average molecular weight is 242 g/mol. The molecule has 0 saturated carbocycles. The van der Waals surface area contributed by atoms with E-state index >= 15 is 0 Å². The van der Waals surface area contributed by atoms with E-state index in [1.165, 1.54) is 12.3 Å². The number of hydrogen-bond donors (Lipinski definition) is 1. The standard InChI is InChI=1S/C13H11FN4/c14-9-4-5-12-17-13(10-3-1-2-6-16-10)11(7-15)18(12)8-9/h1-6,8H,7,15H2. The molecule has 0 aliphatic carbocycles. The van der Waals surface area contributed by atoms with Crippen LogP contribution in [0.1, 0.15) is 5.69 Å². The minimum absolute atomic E-state index is 0.274. The van der Waals surface area contributed by atoms with Gasteiger partial charge in [-0.15, -0.1) is 0 Å². The van der Waals surface area contributed by atoms with Crippen LogP contribution in [0.4, 0.5) is 4.39 Å². The average Bonchev–Trinajstić information content (AvgIpc) is 2.77. The van der Waals surface area contributed by atoms with Gasteiger partial charge in [-0.2, -0.15) is 0 Å². The first-order valence-electron chi connectivity index (χ1n) is 5.57. The molecule has 0 aliphatic heterocycles. The fraction of sp³-hybridized carbons (Fsp3) is 0.0769. The third-order valence-electron chi connectivity index (χ3n) is 2.78. The van der Waals surface area contributed by atoms with E-state index in [4.69, 9.17) is 5.73 Å². The molecule has 0 aliphatic rings. The smallest absolute Gasteiger partial charge is 0.139 e. The van der Waals surface area contributed by atoms with Crippen molar-refractivity contribution in [3.8, 4) is 11.4 Å². The second-order valence-electron chi connectivity index (χ2n) is 3.90. The summed E-state index contributed by atoms with van der Waals surface area (Å²) >= 11 is 0. The minimum Gasteiger partial charge on any atom is -0.325 e. The van der Waals surface area contributed by atoms with Crippen LogP contribution in [0.2, 0.25) is 0 Å². The molecule has 0 bridgehead atoms. The summed E-state index contributed by atoms with van der Waals surface area (Å²) in [7, 11) is 0. The Morgan fingerprint density at radius 1 is 1.22 bits per heavy atom. The van der Waals surface area contributed by atoms with Crippen LogP contribution in [0.5, 0.6) is 0 Å². The molecule has 3 heterocycles. The van der Waals surface area contributed by atoms with Gasteiger partial charge in [-0.3, -0.25) is 9.38 Å². The molecule has 18 heavy (non-hydrogen) atoms. The van der Waals surface area contributed by atoms with E-state index in [1.54, 1.807) is 16.7 Å². The molecular formula is C13H11FN4. The summed E-state index contributed by atoms with van der Waals surface area (Å²) in [5.74, 6) is -0.317. The van der Waals surface area contributed by atoms with Gasteiger partial charge in [0.15, 0.2) is 0 Å². The highest BCUT2D eigenvalue weighted by atomic mass is 19.1. The van der Waals surface area contributed by atoms with Crippen molar-refractivity contribution in [3.63, 3.8) is 0 Å². The van der Waals surface area contributed by atoms with Crippen LogP contribution in [0.3, 0.4) is 0 Å². The fourth-order valence-electron chi connectivity index (χ4n) is 1.97. The van der Waals surface area contributed by atoms with Gasteiger partial charge in [0.05, 0.1) is 11.4 Å². The van der Waals surface area contributed by atoms with Crippen LogP contribution >= 0.6 is 0 Å². The Morgan fingerprint density at radius 2 is 2.11 bits per heavy atom. The van der Waals surface area contributed by atoms with Gasteiger partial charge in [0, 0.05) is 18.9 Å². The van der Waals surface area contributed by atoms with Gasteiger partial charge >= 0.3 is 0 Å². The molecule has 3 rings (SSSR count). The number of rotatable bonds is 2. The number of nitrogens with zero attached hydrogens (tertiary/aromatic N) is 3. The number of fused-ring (bicyclic) bond motifs is 1. The molecule has 2 N–H and O–H groups in total. The SMILES string of the molecule is NCc1c(-c2ccccn2)nc2ccc(F)cn12. The maximum atomic E-state index is 13.3. The van der Waals surface area contributed by atoms with Crippen molar-refractivity contribution in [1.29, 1.82) is 0 Å². The van der Waals surface area contributed by atoms with E-state index in [1.807, 2.05) is 18.2 Å². The highest BCUT2D eigenvalue weighted by Crippen LogP contribution is 2.22. The summed E-state index contributed by atoms with van der Waals surface area (Å²) in [4.78, 5) is 8.70. The fourth-order valence-corrected chi connectivity index (χ4v) is 1.97. The number of imidazole rings is 1. The predicted octanol–water partition coefficient (Wildman–Crippen LogP) is 1.99. The zero-order valence-corrected chi connectivity index (χ0v) is 9.55. The molecule has 90 valence electrons. The Kier molecular flexibility index (Phi) is 2.53. The van der Waals surface area contributed by atoms with Gasteiger partial charge < -0.3 is 5.73 Å². The molecule has 3 aromatic rings. The summed E-state index contributed by atoms with van der Waals surface area (Å²) < 4.78 is 14.9. The number of nitrogens with two attached hydrogens (primary N) is 1. The quantitative estimate of drug-likeness (QED) is 0.747. The molecule has 0 atom stereocenters. The molecular weight excluding hydrogens is 231 g/mol. The van der Waals surface area contributed by atoms with E-state index in [9.17, 15) is 4.39 Å². The van der Waals surface area contributed by atoms with Gasteiger partial charge in [-0.25, -0.2) is 9.37 Å². The zero-order chi connectivity index (χ0) is 12.5. The number of hydrogen-bond acceptors (Lipinski definition) is 3. The van der Waals surface area contributed by atoms with Crippen molar-refractivity contribution in [3.05, 3.63) is 54.2 Å². The van der Waals surface area contributed by atoms with E-state index in [0.29, 0.717) is 11.3 Å². The molecule has 0 saturated heterocycles. The molecule has 0 fully saturated rings. The normalized spacial score (nSPS) is 11.0. The minimum atomic E-state index is -0.317. The van der Waals surface area contributed by atoms with Gasteiger partial charge in [0.2, 0.25) is 0 Å². The zero-order valence-electron chi connectivity index (χ0n) is 9.55. The van der Waals surface area contributed by atoms with Crippen LogP contribution in [-0.2, 0) is 6.54 Å². The first kappa shape index (κ1) is 10.9. The summed E-state index contributed by atoms with van der Waals surface area (Å²) in [6.45, 7) is 0.274. The van der Waals surface area contributed by atoms with Crippen molar-refractivity contribution in [2.75, 3.05) is 0 Å². The van der Waals surface area contributed by atoms with Crippen molar-refractivity contribution in [2.45, 2.75) is 6.54 Å². The summed E-state index contributed by atoms with van der Waals surface area (Å²) in [6, 6.07) is 8.58. The van der Waals surface area contributed by atoms with Gasteiger partial charge in [-0.05, 0) is 24.3 Å². The van der Waals surface area contributed by atoms with Gasteiger partial charge in [-0.1, -0.05) is 6.07 Å². The molecule has 0 aromatic carbocycles. The van der Waals surface area contributed by atoms with Crippen LogP contribution in [0, 0.1) is 5.82 Å². The Morgan fingerprint density at radius 3 is 2.83 bits per heavy atom. The van der Waals surface area contributed by atoms with Crippen molar-refractivity contribution in [2.24, 2.45) is 5.73 Å². The van der Waals surface area contributed by atoms with E-state index < -0.39 is 0 Å². The Labute approximate surface area is 103 Å². The Hall–Kier alpha value is -2.27. The lowest BCUT2D eigenvalue weighted by Gasteiger charge is -2.01. The second-order valence-corrected chi connectivity index (χ2v) is 3.90. The van der Waals surface area contributed by atoms with Crippen molar-refractivity contribution < 1.29 is 4.39 Å². The predicted molar refractivity (Wildman–Crippen MR) is 66.3 cm³/mol. The third kappa shape index (κ3) is 1.65. The number of aromatic nitrogens is 3. The molecule has 3 aromatic heterocycles. The molecule has 4 nitrogen and oxygen atoms in total. The van der Waals surface area contributed by atoms with Gasteiger partial charge in [0.1, 0.15) is 17.2 Å². The Balaban J connectivity index is 2.30. The lowest BCUT2D eigenvalue weighted by molar-refractivity contribution is 0.618. The van der Waals surface area contributed by atoms with E-state index in [0.717, 1.165) is 11.4 Å². The Bertz CT molecular complexity index is 691. The van der Waals surface area contributed by atoms with Crippen LogP contribution < -0.4 is 5.73 Å². The van der Waals surface area contributed by atoms with Crippen LogP contribution in [0.25, 0.3) is 17.0 Å². The molecule has 0 amide bonds. The molecule has 0 radical (unpaired) electrons. The largest absolute Gasteiger partial charge is 0.325 e. The second kappa shape index (κ2) is 4.19. The number of halogens is 1.